The van der Waals surface area contributed by atoms with Crippen LogP contribution in [-0.4, -0.2) is 31.7 Å². The Labute approximate surface area is 142 Å². The van der Waals surface area contributed by atoms with Crippen molar-refractivity contribution in [1.82, 2.24) is 10.6 Å². The van der Waals surface area contributed by atoms with Gasteiger partial charge in [0.25, 0.3) is 0 Å². The van der Waals surface area contributed by atoms with Crippen molar-refractivity contribution in [1.29, 1.82) is 0 Å². The van der Waals surface area contributed by atoms with Crippen molar-refractivity contribution >= 4 is 11.7 Å². The van der Waals surface area contributed by atoms with Crippen molar-refractivity contribution in [2.75, 3.05) is 24.5 Å². The van der Waals surface area contributed by atoms with Gasteiger partial charge in [0.15, 0.2) is 0 Å². The van der Waals surface area contributed by atoms with Crippen molar-refractivity contribution in [2.24, 2.45) is 5.92 Å². The van der Waals surface area contributed by atoms with E-state index in [0.717, 1.165) is 32.5 Å². The lowest BCUT2D eigenvalue weighted by molar-refractivity contribution is 0.244. The van der Waals surface area contributed by atoms with Crippen molar-refractivity contribution in [3.05, 3.63) is 54.6 Å². The topological polar surface area (TPSA) is 44.4 Å². The van der Waals surface area contributed by atoms with Gasteiger partial charge in [0.1, 0.15) is 0 Å². The number of amides is 2. The fraction of sp³-hybridized carbons (Fsp3) is 0.350. The van der Waals surface area contributed by atoms with Gasteiger partial charge in [-0.25, -0.2) is 4.79 Å². The lowest BCUT2D eigenvalue weighted by Gasteiger charge is -2.35. The van der Waals surface area contributed by atoms with Gasteiger partial charge < -0.3 is 15.5 Å². The zero-order valence-electron chi connectivity index (χ0n) is 13.7. The van der Waals surface area contributed by atoms with Crippen LogP contribution in [0.15, 0.2) is 54.6 Å². The van der Waals surface area contributed by atoms with Crippen molar-refractivity contribution in [3.8, 4) is 11.1 Å². The molecule has 2 aromatic rings. The number of nitrogens with zero attached hydrogens (tertiary/aromatic N) is 1. The van der Waals surface area contributed by atoms with E-state index in [4.69, 9.17) is 0 Å². The third-order valence-corrected chi connectivity index (χ3v) is 5.25. The molecule has 2 aliphatic rings. The number of carbonyl (C=O) groups is 1. The second kappa shape index (κ2) is 6.56. The summed E-state index contributed by atoms with van der Waals surface area (Å²) in [6, 6.07) is 19.6. The molecule has 2 amide bonds. The van der Waals surface area contributed by atoms with Gasteiger partial charge in [-0.05, 0) is 42.0 Å². The Morgan fingerprint density at radius 2 is 1.54 bits per heavy atom. The van der Waals surface area contributed by atoms with E-state index in [9.17, 15) is 4.79 Å². The average molecular weight is 321 g/mol. The summed E-state index contributed by atoms with van der Waals surface area (Å²) in [7, 11) is 0. The van der Waals surface area contributed by atoms with Crippen LogP contribution in [0.3, 0.4) is 0 Å². The highest BCUT2D eigenvalue weighted by molar-refractivity contribution is 5.76. The Morgan fingerprint density at radius 3 is 2.17 bits per heavy atom. The van der Waals surface area contributed by atoms with E-state index in [1.807, 2.05) is 6.07 Å². The highest BCUT2D eigenvalue weighted by Gasteiger charge is 2.31. The van der Waals surface area contributed by atoms with Crippen LogP contribution in [0.2, 0.25) is 0 Å². The fourth-order valence-corrected chi connectivity index (χ4v) is 3.81. The summed E-state index contributed by atoms with van der Waals surface area (Å²) in [5, 5.41) is 5.90. The number of rotatable bonds is 3. The second-order valence-corrected chi connectivity index (χ2v) is 6.70. The summed E-state index contributed by atoms with van der Waals surface area (Å²) in [4.78, 5) is 13.8. The highest BCUT2D eigenvalue weighted by atomic mass is 16.2. The first-order valence-corrected chi connectivity index (χ1v) is 8.74. The van der Waals surface area contributed by atoms with Crippen LogP contribution in [0, 0.1) is 5.92 Å². The number of anilines is 1. The van der Waals surface area contributed by atoms with E-state index in [1.165, 1.54) is 16.8 Å². The normalized spacial score (nSPS) is 21.4. The largest absolute Gasteiger partial charge is 0.372 e. The lowest BCUT2D eigenvalue weighted by Crippen LogP contribution is -2.42. The molecular weight excluding hydrogens is 298 g/mol. The number of hydrogen-bond acceptors (Lipinski definition) is 2. The van der Waals surface area contributed by atoms with Gasteiger partial charge >= 0.3 is 6.03 Å². The standard InChI is InChI=1S/C20H23N3O/c24-20-21-14-19(22-20)17-10-12-23(13-11-17)18-8-6-16(7-9-18)15-4-2-1-3-5-15/h1-9,17,19H,10-14H2,(H2,21,22,24). The molecule has 2 N–H and O–H groups in total. The number of urea groups is 1. The molecule has 4 heteroatoms. The molecule has 2 heterocycles. The van der Waals surface area contributed by atoms with Crippen molar-refractivity contribution in [2.45, 2.75) is 18.9 Å². The summed E-state index contributed by atoms with van der Waals surface area (Å²) in [6.45, 7) is 2.89. The zero-order valence-corrected chi connectivity index (χ0v) is 13.7. The molecule has 2 fully saturated rings. The molecule has 124 valence electrons. The van der Waals surface area contributed by atoms with Crippen LogP contribution in [-0.2, 0) is 0 Å². The first kappa shape index (κ1) is 15.1. The highest BCUT2D eigenvalue weighted by Crippen LogP contribution is 2.28. The molecule has 0 bridgehead atoms. The first-order chi connectivity index (χ1) is 11.8. The third kappa shape index (κ3) is 3.09. The van der Waals surface area contributed by atoms with E-state index < -0.39 is 0 Å². The smallest absolute Gasteiger partial charge is 0.315 e. The minimum atomic E-state index is -0.0149. The summed E-state index contributed by atoms with van der Waals surface area (Å²) < 4.78 is 0. The molecule has 4 nitrogen and oxygen atoms in total. The van der Waals surface area contributed by atoms with Gasteiger partial charge in [0.05, 0.1) is 6.04 Å². The maximum atomic E-state index is 11.3. The zero-order chi connectivity index (χ0) is 16.4. The fourth-order valence-electron chi connectivity index (χ4n) is 3.81. The van der Waals surface area contributed by atoms with Gasteiger partial charge in [-0.1, -0.05) is 42.5 Å². The Kier molecular flexibility index (Phi) is 4.11. The third-order valence-electron chi connectivity index (χ3n) is 5.25. The van der Waals surface area contributed by atoms with E-state index in [2.05, 4.69) is 64.1 Å². The molecule has 4 rings (SSSR count). The second-order valence-electron chi connectivity index (χ2n) is 6.70. The van der Waals surface area contributed by atoms with E-state index in [1.54, 1.807) is 0 Å². The SMILES string of the molecule is O=C1NCC(C2CCN(c3ccc(-c4ccccc4)cc3)CC2)N1. The quantitative estimate of drug-likeness (QED) is 0.911. The predicted octanol–water partition coefficient (Wildman–Crippen LogP) is 3.25. The Hall–Kier alpha value is -2.49. The van der Waals surface area contributed by atoms with Crippen molar-refractivity contribution in [3.63, 3.8) is 0 Å². The minimum Gasteiger partial charge on any atom is -0.372 e. The van der Waals surface area contributed by atoms with E-state index in [-0.39, 0.29) is 6.03 Å². The van der Waals surface area contributed by atoms with E-state index >= 15 is 0 Å². The lowest BCUT2D eigenvalue weighted by atomic mass is 9.89. The molecule has 0 aromatic heterocycles. The van der Waals surface area contributed by atoms with Crippen LogP contribution in [0.25, 0.3) is 11.1 Å². The minimum absolute atomic E-state index is 0.0149. The molecular formula is C20H23N3O. The number of hydrogen-bond donors (Lipinski definition) is 2. The molecule has 2 aliphatic heterocycles. The molecule has 1 unspecified atom stereocenters. The van der Waals surface area contributed by atoms with Gasteiger partial charge in [-0.2, -0.15) is 0 Å². The van der Waals surface area contributed by atoms with Gasteiger partial charge in [-0.3, -0.25) is 0 Å². The van der Waals surface area contributed by atoms with Crippen LogP contribution in [0.5, 0.6) is 0 Å². The van der Waals surface area contributed by atoms with Crippen LogP contribution in [0.1, 0.15) is 12.8 Å². The number of benzene rings is 2. The van der Waals surface area contributed by atoms with Gasteiger partial charge in [-0.15, -0.1) is 0 Å². The molecule has 2 saturated heterocycles. The maximum absolute atomic E-state index is 11.3. The monoisotopic (exact) mass is 321 g/mol. The summed E-state index contributed by atoms with van der Waals surface area (Å²) in [6.07, 6.45) is 2.26. The van der Waals surface area contributed by atoms with Gasteiger partial charge in [0, 0.05) is 25.3 Å². The summed E-state index contributed by atoms with van der Waals surface area (Å²) in [5.41, 5.74) is 3.81. The predicted molar refractivity (Wildman–Crippen MR) is 97.1 cm³/mol. The first-order valence-electron chi connectivity index (χ1n) is 8.74. The number of nitrogens with one attached hydrogen (secondary N) is 2. The Bertz CT molecular complexity index is 691. The molecule has 2 aromatic carbocycles. The molecule has 0 saturated carbocycles. The Morgan fingerprint density at radius 1 is 0.875 bits per heavy atom. The maximum Gasteiger partial charge on any atom is 0.315 e. The average Bonchev–Trinajstić information content (AvgIpc) is 3.09. The molecule has 0 spiro atoms. The molecule has 1 atom stereocenters. The molecule has 0 radical (unpaired) electrons. The van der Waals surface area contributed by atoms with Crippen LogP contribution >= 0.6 is 0 Å². The van der Waals surface area contributed by atoms with E-state index in [0.29, 0.717) is 12.0 Å². The number of carbonyl (C=O) groups excluding carboxylic acids is 1. The molecule has 24 heavy (non-hydrogen) atoms. The molecule has 0 aliphatic carbocycles. The Balaban J connectivity index is 1.38. The van der Waals surface area contributed by atoms with Crippen LogP contribution in [0.4, 0.5) is 10.5 Å². The summed E-state index contributed by atoms with van der Waals surface area (Å²) in [5.74, 6) is 0.587. The van der Waals surface area contributed by atoms with Crippen LogP contribution < -0.4 is 15.5 Å². The summed E-state index contributed by atoms with van der Waals surface area (Å²) >= 11 is 0. The van der Waals surface area contributed by atoms with Gasteiger partial charge in [0.2, 0.25) is 0 Å². The van der Waals surface area contributed by atoms with Crippen molar-refractivity contribution < 1.29 is 4.79 Å². The number of piperidine rings is 1.